The first-order valence-corrected chi connectivity index (χ1v) is 6.06. The second kappa shape index (κ2) is 8.38. The van der Waals surface area contributed by atoms with Gasteiger partial charge in [-0.1, -0.05) is 6.92 Å². The Morgan fingerprint density at radius 3 is 2.77 bits per heavy atom. The van der Waals surface area contributed by atoms with Gasteiger partial charge in [-0.2, -0.15) is 11.8 Å². The van der Waals surface area contributed by atoms with Gasteiger partial charge in [-0.3, -0.25) is 4.79 Å². The van der Waals surface area contributed by atoms with Gasteiger partial charge in [0.2, 0.25) is 0 Å². The first-order valence-electron chi connectivity index (χ1n) is 4.67. The third-order valence-electron chi connectivity index (χ3n) is 1.78. The number of hydrogen-bond donors (Lipinski definition) is 2. The molecule has 0 fully saturated rings. The van der Waals surface area contributed by atoms with Gasteiger partial charge < -0.3 is 10.4 Å². The molecule has 0 heterocycles. The van der Waals surface area contributed by atoms with Crippen LogP contribution in [0.3, 0.4) is 0 Å². The highest BCUT2D eigenvalue weighted by molar-refractivity contribution is 7.98. The summed E-state index contributed by atoms with van der Waals surface area (Å²) in [4.78, 5) is 10.7. The topological polar surface area (TPSA) is 49.3 Å². The lowest BCUT2D eigenvalue weighted by Gasteiger charge is -2.12. The molecule has 78 valence electrons. The SMILES string of the molecule is CCCNC(CCCSC)C(=O)O. The monoisotopic (exact) mass is 205 g/mol. The smallest absolute Gasteiger partial charge is 0.320 e. The molecule has 0 saturated heterocycles. The van der Waals surface area contributed by atoms with Crippen LogP contribution in [-0.4, -0.2) is 35.7 Å². The summed E-state index contributed by atoms with van der Waals surface area (Å²) >= 11 is 1.76. The molecule has 2 N–H and O–H groups in total. The zero-order chi connectivity index (χ0) is 10.1. The number of nitrogens with one attached hydrogen (secondary N) is 1. The van der Waals surface area contributed by atoms with Crippen molar-refractivity contribution in [2.24, 2.45) is 0 Å². The van der Waals surface area contributed by atoms with Crippen LogP contribution >= 0.6 is 11.8 Å². The fraction of sp³-hybridized carbons (Fsp3) is 0.889. The maximum Gasteiger partial charge on any atom is 0.320 e. The lowest BCUT2D eigenvalue weighted by atomic mass is 10.1. The van der Waals surface area contributed by atoms with Crippen molar-refractivity contribution in [2.45, 2.75) is 32.2 Å². The van der Waals surface area contributed by atoms with Crippen LogP contribution in [0.5, 0.6) is 0 Å². The number of carbonyl (C=O) groups is 1. The van der Waals surface area contributed by atoms with Crippen LogP contribution < -0.4 is 5.32 Å². The molecule has 0 aromatic heterocycles. The van der Waals surface area contributed by atoms with Gasteiger partial charge in [-0.05, 0) is 37.8 Å². The molecular weight excluding hydrogens is 186 g/mol. The summed E-state index contributed by atoms with van der Waals surface area (Å²) in [6.45, 7) is 2.82. The van der Waals surface area contributed by atoms with Crippen LogP contribution in [0.2, 0.25) is 0 Å². The van der Waals surface area contributed by atoms with E-state index in [2.05, 4.69) is 5.32 Å². The Balaban J connectivity index is 3.61. The summed E-state index contributed by atoms with van der Waals surface area (Å²) in [5.74, 6) is 0.312. The molecule has 0 saturated carbocycles. The van der Waals surface area contributed by atoms with E-state index in [1.807, 2.05) is 13.2 Å². The summed E-state index contributed by atoms with van der Waals surface area (Å²) in [5, 5.41) is 11.8. The zero-order valence-corrected chi connectivity index (χ0v) is 9.19. The van der Waals surface area contributed by atoms with Crippen LogP contribution in [0.4, 0.5) is 0 Å². The van der Waals surface area contributed by atoms with E-state index >= 15 is 0 Å². The molecule has 0 aromatic rings. The quantitative estimate of drug-likeness (QED) is 0.591. The van der Waals surface area contributed by atoms with Gasteiger partial charge in [0.05, 0.1) is 0 Å². The fourth-order valence-electron chi connectivity index (χ4n) is 1.06. The van der Waals surface area contributed by atoms with Crippen LogP contribution in [0.1, 0.15) is 26.2 Å². The normalized spacial score (nSPS) is 12.8. The Bertz CT molecular complexity index is 142. The highest BCUT2D eigenvalue weighted by Gasteiger charge is 2.14. The van der Waals surface area contributed by atoms with Gasteiger partial charge in [0, 0.05) is 0 Å². The predicted octanol–water partition coefficient (Wildman–Crippen LogP) is 1.58. The van der Waals surface area contributed by atoms with Gasteiger partial charge >= 0.3 is 5.97 Å². The van der Waals surface area contributed by atoms with Crippen molar-refractivity contribution >= 4 is 17.7 Å². The van der Waals surface area contributed by atoms with Crippen LogP contribution in [0, 0.1) is 0 Å². The third-order valence-corrected chi connectivity index (χ3v) is 2.48. The molecule has 0 amide bonds. The number of thioether (sulfide) groups is 1. The molecule has 4 heteroatoms. The van der Waals surface area contributed by atoms with Crippen LogP contribution in [-0.2, 0) is 4.79 Å². The van der Waals surface area contributed by atoms with Crippen LogP contribution in [0.15, 0.2) is 0 Å². The molecule has 1 atom stereocenters. The fourth-order valence-corrected chi connectivity index (χ4v) is 1.52. The minimum atomic E-state index is -0.727. The summed E-state index contributed by atoms with van der Waals surface area (Å²) in [7, 11) is 0. The molecule has 3 nitrogen and oxygen atoms in total. The second-order valence-corrected chi connectivity index (χ2v) is 3.97. The minimum absolute atomic E-state index is 0.355. The molecule has 0 aromatic carbocycles. The first-order chi connectivity index (χ1) is 6.22. The van der Waals surface area contributed by atoms with Crippen molar-refractivity contribution in [3.05, 3.63) is 0 Å². The molecule has 0 aliphatic heterocycles. The maximum absolute atomic E-state index is 10.7. The summed E-state index contributed by atoms with van der Waals surface area (Å²) < 4.78 is 0. The van der Waals surface area contributed by atoms with Gasteiger partial charge in [-0.15, -0.1) is 0 Å². The largest absolute Gasteiger partial charge is 0.480 e. The second-order valence-electron chi connectivity index (χ2n) is 2.98. The summed E-state index contributed by atoms with van der Waals surface area (Å²) in [6, 6.07) is -0.355. The first kappa shape index (κ1) is 12.8. The van der Waals surface area contributed by atoms with E-state index in [1.54, 1.807) is 11.8 Å². The lowest BCUT2D eigenvalue weighted by Crippen LogP contribution is -2.37. The Morgan fingerprint density at radius 2 is 2.31 bits per heavy atom. The number of hydrogen-bond acceptors (Lipinski definition) is 3. The highest BCUT2D eigenvalue weighted by Crippen LogP contribution is 2.03. The van der Waals surface area contributed by atoms with E-state index < -0.39 is 5.97 Å². The van der Waals surface area contributed by atoms with E-state index in [0.29, 0.717) is 0 Å². The molecular formula is C9H19NO2S. The van der Waals surface area contributed by atoms with E-state index in [9.17, 15) is 4.79 Å². The molecule has 0 bridgehead atoms. The minimum Gasteiger partial charge on any atom is -0.480 e. The van der Waals surface area contributed by atoms with E-state index in [-0.39, 0.29) is 6.04 Å². The third kappa shape index (κ3) is 6.90. The molecule has 0 spiro atoms. The summed E-state index contributed by atoms with van der Waals surface area (Å²) in [5.41, 5.74) is 0. The average molecular weight is 205 g/mol. The Morgan fingerprint density at radius 1 is 1.62 bits per heavy atom. The van der Waals surface area contributed by atoms with Gasteiger partial charge in [0.25, 0.3) is 0 Å². The summed E-state index contributed by atoms with van der Waals surface area (Å²) in [6.07, 6.45) is 4.71. The zero-order valence-electron chi connectivity index (χ0n) is 8.38. The molecule has 0 rings (SSSR count). The molecule has 13 heavy (non-hydrogen) atoms. The molecule has 0 aliphatic carbocycles. The Labute approximate surface area is 84.3 Å². The van der Waals surface area contributed by atoms with Crippen molar-refractivity contribution in [3.8, 4) is 0 Å². The average Bonchev–Trinajstić information content (AvgIpc) is 2.10. The van der Waals surface area contributed by atoms with Crippen molar-refractivity contribution < 1.29 is 9.90 Å². The molecule has 0 aliphatic rings. The standard InChI is InChI=1S/C9H19NO2S/c1-3-6-10-8(9(11)12)5-4-7-13-2/h8,10H,3-7H2,1-2H3,(H,11,12). The van der Waals surface area contributed by atoms with Gasteiger partial charge in [0.1, 0.15) is 6.04 Å². The van der Waals surface area contributed by atoms with Gasteiger partial charge in [0.15, 0.2) is 0 Å². The highest BCUT2D eigenvalue weighted by atomic mass is 32.2. The number of carboxylic acid groups (broad SMARTS) is 1. The van der Waals surface area contributed by atoms with Crippen molar-refractivity contribution in [1.82, 2.24) is 5.32 Å². The van der Waals surface area contributed by atoms with E-state index in [1.165, 1.54) is 0 Å². The van der Waals surface area contributed by atoms with Crippen molar-refractivity contribution in [1.29, 1.82) is 0 Å². The van der Waals surface area contributed by atoms with Gasteiger partial charge in [-0.25, -0.2) is 0 Å². The maximum atomic E-state index is 10.7. The van der Waals surface area contributed by atoms with E-state index in [0.717, 1.165) is 31.6 Å². The molecule has 1 unspecified atom stereocenters. The van der Waals surface area contributed by atoms with Crippen molar-refractivity contribution in [2.75, 3.05) is 18.6 Å². The number of rotatable bonds is 8. The number of carboxylic acids is 1. The Hall–Kier alpha value is -0.220. The Kier molecular flexibility index (Phi) is 8.24. The number of aliphatic carboxylic acids is 1. The van der Waals surface area contributed by atoms with Crippen molar-refractivity contribution in [3.63, 3.8) is 0 Å². The predicted molar refractivity (Wildman–Crippen MR) is 57.3 cm³/mol. The van der Waals surface area contributed by atoms with Crippen LogP contribution in [0.25, 0.3) is 0 Å². The van der Waals surface area contributed by atoms with E-state index in [4.69, 9.17) is 5.11 Å². The lowest BCUT2D eigenvalue weighted by molar-refractivity contribution is -0.139. The molecule has 0 radical (unpaired) electrons.